The van der Waals surface area contributed by atoms with Crippen molar-refractivity contribution in [1.82, 2.24) is 5.32 Å². The standard InChI is InChI=1S/C13H17NO2.ClH/c1-3-15-12-7-6-8-13(11-12)16-10-5-4-9-14-2;/h6-8,11,14H,3,9-10H2,1-2H3;1H. The first-order chi connectivity index (χ1) is 7.86. The van der Waals surface area contributed by atoms with Crippen molar-refractivity contribution in [2.24, 2.45) is 0 Å². The van der Waals surface area contributed by atoms with Crippen molar-refractivity contribution in [2.45, 2.75) is 6.92 Å². The molecule has 0 bridgehead atoms. The van der Waals surface area contributed by atoms with Crippen LogP contribution in [0.5, 0.6) is 11.5 Å². The van der Waals surface area contributed by atoms with Gasteiger partial charge in [0, 0.05) is 6.07 Å². The van der Waals surface area contributed by atoms with E-state index in [1.165, 1.54) is 0 Å². The molecule has 0 fully saturated rings. The Morgan fingerprint density at radius 2 is 1.88 bits per heavy atom. The smallest absolute Gasteiger partial charge is 0.149 e. The van der Waals surface area contributed by atoms with Crippen molar-refractivity contribution in [1.29, 1.82) is 0 Å². The summed E-state index contributed by atoms with van der Waals surface area (Å²) in [5.74, 6) is 7.44. The van der Waals surface area contributed by atoms with Crippen LogP contribution in [0.15, 0.2) is 24.3 Å². The van der Waals surface area contributed by atoms with Crippen LogP contribution in [-0.2, 0) is 0 Å². The molecule has 1 aromatic carbocycles. The van der Waals surface area contributed by atoms with E-state index in [2.05, 4.69) is 17.2 Å². The zero-order chi connectivity index (χ0) is 11.6. The molecule has 0 amide bonds. The van der Waals surface area contributed by atoms with Crippen LogP contribution in [0.1, 0.15) is 6.92 Å². The average molecular weight is 256 g/mol. The highest BCUT2D eigenvalue weighted by molar-refractivity contribution is 5.85. The minimum atomic E-state index is 0. The summed E-state index contributed by atoms with van der Waals surface area (Å²) >= 11 is 0. The molecular weight excluding hydrogens is 238 g/mol. The molecule has 4 heteroatoms. The van der Waals surface area contributed by atoms with Gasteiger partial charge in [0.05, 0.1) is 13.2 Å². The van der Waals surface area contributed by atoms with E-state index in [1.807, 2.05) is 38.2 Å². The lowest BCUT2D eigenvalue weighted by Crippen LogP contribution is -2.05. The Kier molecular flexibility index (Phi) is 9.04. The maximum Gasteiger partial charge on any atom is 0.149 e. The molecule has 0 aliphatic rings. The molecular formula is C13H18ClNO2. The molecule has 1 rings (SSSR count). The summed E-state index contributed by atoms with van der Waals surface area (Å²) in [6.07, 6.45) is 0. The van der Waals surface area contributed by atoms with Gasteiger partial charge in [0.25, 0.3) is 0 Å². The van der Waals surface area contributed by atoms with Crippen LogP contribution >= 0.6 is 12.4 Å². The fourth-order valence-corrected chi connectivity index (χ4v) is 1.14. The molecule has 0 saturated carbocycles. The molecule has 0 aliphatic heterocycles. The Hall–Kier alpha value is -1.37. The second-order valence-electron chi connectivity index (χ2n) is 3.08. The number of nitrogens with one attached hydrogen (secondary N) is 1. The number of benzene rings is 1. The highest BCUT2D eigenvalue weighted by atomic mass is 35.5. The van der Waals surface area contributed by atoms with Crippen LogP contribution in [0.4, 0.5) is 0 Å². The first-order valence-electron chi connectivity index (χ1n) is 5.32. The van der Waals surface area contributed by atoms with Gasteiger partial charge in [-0.15, -0.1) is 12.4 Å². The van der Waals surface area contributed by atoms with E-state index in [4.69, 9.17) is 9.47 Å². The Morgan fingerprint density at radius 1 is 1.18 bits per heavy atom. The van der Waals surface area contributed by atoms with E-state index in [1.54, 1.807) is 0 Å². The summed E-state index contributed by atoms with van der Waals surface area (Å²) in [5, 5.41) is 2.94. The molecule has 0 spiro atoms. The third-order valence-electron chi connectivity index (χ3n) is 1.82. The summed E-state index contributed by atoms with van der Waals surface area (Å²) in [5.41, 5.74) is 0. The second kappa shape index (κ2) is 9.83. The lowest BCUT2D eigenvalue weighted by Gasteiger charge is -2.05. The summed E-state index contributed by atoms with van der Waals surface area (Å²) < 4.78 is 10.8. The maximum absolute atomic E-state index is 5.46. The van der Waals surface area contributed by atoms with Crippen molar-refractivity contribution in [3.63, 3.8) is 0 Å². The Morgan fingerprint density at radius 3 is 2.53 bits per heavy atom. The van der Waals surface area contributed by atoms with Gasteiger partial charge >= 0.3 is 0 Å². The summed E-state index contributed by atoms with van der Waals surface area (Å²) in [7, 11) is 1.86. The molecule has 94 valence electrons. The predicted molar refractivity (Wildman–Crippen MR) is 72.1 cm³/mol. The summed E-state index contributed by atoms with van der Waals surface area (Å²) in [6, 6.07) is 7.57. The lowest BCUT2D eigenvalue weighted by molar-refractivity contribution is 0.332. The zero-order valence-electron chi connectivity index (χ0n) is 10.2. The molecule has 1 N–H and O–H groups in total. The van der Waals surface area contributed by atoms with E-state index < -0.39 is 0 Å². The molecule has 0 heterocycles. The second-order valence-corrected chi connectivity index (χ2v) is 3.08. The van der Waals surface area contributed by atoms with E-state index in [-0.39, 0.29) is 12.4 Å². The number of rotatable bonds is 5. The van der Waals surface area contributed by atoms with E-state index in [0.717, 1.165) is 11.5 Å². The SMILES string of the molecule is CCOc1cccc(OCC#CCNC)c1.Cl. The van der Waals surface area contributed by atoms with Gasteiger partial charge in [-0.1, -0.05) is 17.9 Å². The normalized spacial score (nSPS) is 8.59. The van der Waals surface area contributed by atoms with Crippen LogP contribution in [0.25, 0.3) is 0 Å². The Balaban J connectivity index is 0.00000256. The van der Waals surface area contributed by atoms with Crippen molar-refractivity contribution in [3.8, 4) is 23.3 Å². The van der Waals surface area contributed by atoms with E-state index in [0.29, 0.717) is 19.8 Å². The number of ether oxygens (including phenoxy) is 2. The molecule has 0 atom stereocenters. The van der Waals surface area contributed by atoms with Gasteiger partial charge in [0.1, 0.15) is 18.1 Å². The summed E-state index contributed by atoms with van der Waals surface area (Å²) in [4.78, 5) is 0. The maximum atomic E-state index is 5.46. The lowest BCUT2D eigenvalue weighted by atomic mass is 10.3. The van der Waals surface area contributed by atoms with Gasteiger partial charge < -0.3 is 14.8 Å². The first-order valence-corrected chi connectivity index (χ1v) is 5.32. The van der Waals surface area contributed by atoms with Crippen LogP contribution in [0, 0.1) is 11.8 Å². The van der Waals surface area contributed by atoms with Gasteiger partial charge in [-0.05, 0) is 26.1 Å². The molecule has 0 unspecified atom stereocenters. The number of hydrogen-bond acceptors (Lipinski definition) is 3. The van der Waals surface area contributed by atoms with Gasteiger partial charge in [0.2, 0.25) is 0 Å². The van der Waals surface area contributed by atoms with Gasteiger partial charge in [0.15, 0.2) is 0 Å². The van der Waals surface area contributed by atoms with Crippen LogP contribution in [-0.4, -0.2) is 26.8 Å². The number of hydrogen-bond donors (Lipinski definition) is 1. The summed E-state index contributed by atoms with van der Waals surface area (Å²) in [6.45, 7) is 3.70. The highest BCUT2D eigenvalue weighted by Gasteiger charge is 1.95. The largest absolute Gasteiger partial charge is 0.494 e. The van der Waals surface area contributed by atoms with Gasteiger partial charge in [-0.2, -0.15) is 0 Å². The molecule has 1 aromatic rings. The topological polar surface area (TPSA) is 30.5 Å². The zero-order valence-corrected chi connectivity index (χ0v) is 11.0. The third kappa shape index (κ3) is 6.72. The third-order valence-corrected chi connectivity index (χ3v) is 1.82. The van der Waals surface area contributed by atoms with Crippen molar-refractivity contribution >= 4 is 12.4 Å². The molecule has 0 radical (unpaired) electrons. The Labute approximate surface area is 109 Å². The first kappa shape index (κ1) is 15.6. The minimum absolute atomic E-state index is 0. The predicted octanol–water partition coefficient (Wildman–Crippen LogP) is 2.11. The number of halogens is 1. The Bertz CT molecular complexity index is 371. The molecule has 3 nitrogen and oxygen atoms in total. The van der Waals surface area contributed by atoms with Crippen LogP contribution < -0.4 is 14.8 Å². The van der Waals surface area contributed by atoms with Gasteiger partial charge in [-0.25, -0.2) is 0 Å². The van der Waals surface area contributed by atoms with Crippen LogP contribution in [0.3, 0.4) is 0 Å². The minimum Gasteiger partial charge on any atom is -0.494 e. The molecule has 17 heavy (non-hydrogen) atoms. The monoisotopic (exact) mass is 255 g/mol. The van der Waals surface area contributed by atoms with E-state index in [9.17, 15) is 0 Å². The molecule has 0 aromatic heterocycles. The van der Waals surface area contributed by atoms with Crippen molar-refractivity contribution in [2.75, 3.05) is 26.8 Å². The molecule has 0 aliphatic carbocycles. The van der Waals surface area contributed by atoms with Crippen LogP contribution in [0.2, 0.25) is 0 Å². The fourth-order valence-electron chi connectivity index (χ4n) is 1.14. The highest BCUT2D eigenvalue weighted by Crippen LogP contribution is 2.18. The van der Waals surface area contributed by atoms with Gasteiger partial charge in [-0.3, -0.25) is 0 Å². The molecule has 0 saturated heterocycles. The van der Waals surface area contributed by atoms with Crippen molar-refractivity contribution in [3.05, 3.63) is 24.3 Å². The van der Waals surface area contributed by atoms with Crippen molar-refractivity contribution < 1.29 is 9.47 Å². The average Bonchev–Trinajstić information content (AvgIpc) is 2.30. The van der Waals surface area contributed by atoms with E-state index >= 15 is 0 Å². The fraction of sp³-hybridized carbons (Fsp3) is 0.385. The quantitative estimate of drug-likeness (QED) is 0.818.